The molecule has 3 N–H and O–H groups in total. The van der Waals surface area contributed by atoms with E-state index in [0.29, 0.717) is 0 Å². The van der Waals surface area contributed by atoms with Gasteiger partial charge in [0.2, 0.25) is 0 Å². The van der Waals surface area contributed by atoms with Crippen LogP contribution in [0, 0.1) is 0 Å². The molecule has 1 aromatic rings. The fourth-order valence-corrected chi connectivity index (χ4v) is 1.72. The van der Waals surface area contributed by atoms with E-state index < -0.39 is 0 Å². The lowest BCUT2D eigenvalue weighted by Gasteiger charge is -2.10. The SMILES string of the molecule is NNC1/C=C/C=C(c2ccccc2)\C=C/C1. The number of rotatable bonds is 2. The zero-order valence-electron chi connectivity index (χ0n) is 9.14. The van der Waals surface area contributed by atoms with Crippen LogP contribution in [0.2, 0.25) is 0 Å². The second-order valence-corrected chi connectivity index (χ2v) is 3.78. The summed E-state index contributed by atoms with van der Waals surface area (Å²) in [5.41, 5.74) is 5.23. The Kier molecular flexibility index (Phi) is 3.70. The number of nitrogens with one attached hydrogen (secondary N) is 1. The summed E-state index contributed by atoms with van der Waals surface area (Å²) in [6.07, 6.45) is 11.4. The Labute approximate surface area is 96.1 Å². The van der Waals surface area contributed by atoms with Crippen LogP contribution in [0.1, 0.15) is 12.0 Å². The predicted octanol–water partition coefficient (Wildman–Crippen LogP) is 2.42. The predicted molar refractivity (Wildman–Crippen MR) is 68.4 cm³/mol. The van der Waals surface area contributed by atoms with Gasteiger partial charge in [-0.25, -0.2) is 0 Å². The smallest absolute Gasteiger partial charge is 0.0428 e. The molecule has 0 spiro atoms. The van der Waals surface area contributed by atoms with Crippen molar-refractivity contribution < 1.29 is 0 Å². The van der Waals surface area contributed by atoms with Crippen molar-refractivity contribution in [2.45, 2.75) is 12.5 Å². The number of allylic oxidation sites excluding steroid dienone is 4. The second kappa shape index (κ2) is 5.45. The Bertz CT molecular complexity index is 416. The number of nitrogens with two attached hydrogens (primary N) is 1. The third-order valence-electron chi connectivity index (χ3n) is 2.63. The van der Waals surface area contributed by atoms with Crippen molar-refractivity contribution in [2.75, 3.05) is 0 Å². The minimum atomic E-state index is 0.227. The second-order valence-electron chi connectivity index (χ2n) is 3.78. The van der Waals surface area contributed by atoms with Gasteiger partial charge >= 0.3 is 0 Å². The van der Waals surface area contributed by atoms with Gasteiger partial charge in [0.25, 0.3) is 0 Å². The molecule has 16 heavy (non-hydrogen) atoms. The first-order valence-corrected chi connectivity index (χ1v) is 5.47. The lowest BCUT2D eigenvalue weighted by Crippen LogP contribution is -2.33. The molecule has 0 radical (unpaired) electrons. The van der Waals surface area contributed by atoms with Gasteiger partial charge in [0.05, 0.1) is 0 Å². The van der Waals surface area contributed by atoms with E-state index in [0.717, 1.165) is 6.42 Å². The van der Waals surface area contributed by atoms with Crippen LogP contribution in [0.4, 0.5) is 0 Å². The van der Waals surface area contributed by atoms with Gasteiger partial charge in [-0.05, 0) is 17.6 Å². The average molecular weight is 212 g/mol. The van der Waals surface area contributed by atoms with Crippen molar-refractivity contribution in [2.24, 2.45) is 5.84 Å². The van der Waals surface area contributed by atoms with Crippen LogP contribution in [0.25, 0.3) is 5.57 Å². The highest BCUT2D eigenvalue weighted by Gasteiger charge is 2.01. The Morgan fingerprint density at radius 2 is 2.00 bits per heavy atom. The van der Waals surface area contributed by atoms with E-state index in [1.54, 1.807) is 0 Å². The van der Waals surface area contributed by atoms with Crippen LogP contribution in [-0.2, 0) is 0 Å². The van der Waals surface area contributed by atoms with Gasteiger partial charge in [0.15, 0.2) is 0 Å². The van der Waals surface area contributed by atoms with E-state index in [1.807, 2.05) is 6.07 Å². The third-order valence-corrected chi connectivity index (χ3v) is 2.63. The molecule has 2 nitrogen and oxygen atoms in total. The molecule has 0 bridgehead atoms. The summed E-state index contributed by atoms with van der Waals surface area (Å²) in [4.78, 5) is 0. The van der Waals surface area contributed by atoms with Gasteiger partial charge in [0.1, 0.15) is 0 Å². The highest BCUT2D eigenvalue weighted by atomic mass is 15.2. The van der Waals surface area contributed by atoms with E-state index in [2.05, 4.69) is 60.1 Å². The molecule has 1 aliphatic carbocycles. The zero-order valence-corrected chi connectivity index (χ0v) is 9.14. The van der Waals surface area contributed by atoms with Gasteiger partial charge in [-0.15, -0.1) is 0 Å². The molecule has 82 valence electrons. The Hall–Kier alpha value is -1.64. The average Bonchev–Trinajstić information content (AvgIpc) is 2.30. The molecule has 0 amide bonds. The molecule has 1 aliphatic rings. The molecule has 0 saturated carbocycles. The summed E-state index contributed by atoms with van der Waals surface area (Å²) in [6, 6.07) is 10.6. The monoisotopic (exact) mass is 212 g/mol. The first kappa shape index (κ1) is 10.9. The highest BCUT2D eigenvalue weighted by molar-refractivity contribution is 5.75. The molecular weight excluding hydrogens is 196 g/mol. The summed E-state index contributed by atoms with van der Waals surface area (Å²) in [6.45, 7) is 0. The van der Waals surface area contributed by atoms with Crippen molar-refractivity contribution in [3.63, 3.8) is 0 Å². The van der Waals surface area contributed by atoms with E-state index in [-0.39, 0.29) is 6.04 Å². The molecule has 1 unspecified atom stereocenters. The van der Waals surface area contributed by atoms with Crippen LogP contribution in [0.3, 0.4) is 0 Å². The molecule has 0 heterocycles. The molecule has 1 aromatic carbocycles. The van der Waals surface area contributed by atoms with Gasteiger partial charge in [0, 0.05) is 6.04 Å². The van der Waals surface area contributed by atoms with Crippen molar-refractivity contribution in [1.29, 1.82) is 0 Å². The number of hydrazine groups is 1. The molecule has 0 fully saturated rings. The summed E-state index contributed by atoms with van der Waals surface area (Å²) in [5.74, 6) is 5.41. The van der Waals surface area contributed by atoms with Crippen LogP contribution < -0.4 is 11.3 Å². The lowest BCUT2D eigenvalue weighted by atomic mass is 10.0. The molecule has 2 heteroatoms. The highest BCUT2D eigenvalue weighted by Crippen LogP contribution is 2.17. The van der Waals surface area contributed by atoms with Crippen LogP contribution in [-0.4, -0.2) is 6.04 Å². The first-order chi connectivity index (χ1) is 7.90. The molecule has 2 rings (SSSR count). The quantitative estimate of drug-likeness (QED) is 0.583. The zero-order chi connectivity index (χ0) is 11.2. The molecule has 1 atom stereocenters. The normalized spacial score (nSPS) is 27.3. The fourth-order valence-electron chi connectivity index (χ4n) is 1.72. The summed E-state index contributed by atoms with van der Waals surface area (Å²) in [7, 11) is 0. The standard InChI is InChI=1S/C14H16N2/c15-16-14-10-4-8-13(9-5-11-14)12-6-2-1-3-7-12/h1-10,14,16H,11,15H2/b9-5-,10-4+,13-8+. The lowest BCUT2D eigenvalue weighted by molar-refractivity contribution is 0.627. The minimum Gasteiger partial charge on any atom is -0.271 e. The Morgan fingerprint density at radius 1 is 1.19 bits per heavy atom. The van der Waals surface area contributed by atoms with Crippen LogP contribution in [0.5, 0.6) is 0 Å². The van der Waals surface area contributed by atoms with Crippen molar-refractivity contribution in [1.82, 2.24) is 5.43 Å². The maximum atomic E-state index is 5.41. The Balaban J connectivity index is 2.24. The number of benzene rings is 1. The van der Waals surface area contributed by atoms with Gasteiger partial charge in [-0.1, -0.05) is 60.7 Å². The van der Waals surface area contributed by atoms with E-state index in [1.165, 1.54) is 11.1 Å². The van der Waals surface area contributed by atoms with Crippen molar-refractivity contribution in [3.8, 4) is 0 Å². The van der Waals surface area contributed by atoms with Crippen LogP contribution >= 0.6 is 0 Å². The number of hydrogen-bond donors (Lipinski definition) is 2. The van der Waals surface area contributed by atoms with E-state index in [9.17, 15) is 0 Å². The van der Waals surface area contributed by atoms with Crippen molar-refractivity contribution in [3.05, 3.63) is 66.3 Å². The van der Waals surface area contributed by atoms with E-state index >= 15 is 0 Å². The maximum Gasteiger partial charge on any atom is 0.0428 e. The third kappa shape index (κ3) is 2.69. The van der Waals surface area contributed by atoms with Crippen molar-refractivity contribution >= 4 is 5.57 Å². The molecule has 0 aromatic heterocycles. The number of hydrogen-bond acceptors (Lipinski definition) is 2. The van der Waals surface area contributed by atoms with Gasteiger partial charge < -0.3 is 0 Å². The summed E-state index contributed by atoms with van der Waals surface area (Å²) in [5, 5.41) is 0. The minimum absolute atomic E-state index is 0.227. The first-order valence-electron chi connectivity index (χ1n) is 5.47. The summed E-state index contributed by atoms with van der Waals surface area (Å²) >= 11 is 0. The molecule has 0 aliphatic heterocycles. The van der Waals surface area contributed by atoms with Crippen LogP contribution in [0.15, 0.2) is 60.7 Å². The van der Waals surface area contributed by atoms with E-state index in [4.69, 9.17) is 5.84 Å². The molecular formula is C14H16N2. The Morgan fingerprint density at radius 3 is 2.75 bits per heavy atom. The fraction of sp³-hybridized carbons (Fsp3) is 0.143. The largest absolute Gasteiger partial charge is 0.271 e. The van der Waals surface area contributed by atoms with Gasteiger partial charge in [-0.3, -0.25) is 11.3 Å². The molecule has 0 saturated heterocycles. The van der Waals surface area contributed by atoms with Gasteiger partial charge in [-0.2, -0.15) is 0 Å². The maximum absolute atomic E-state index is 5.41. The topological polar surface area (TPSA) is 38.0 Å². The summed E-state index contributed by atoms with van der Waals surface area (Å²) < 4.78 is 0.